The summed E-state index contributed by atoms with van der Waals surface area (Å²) in [5.74, 6) is 0. The van der Waals surface area contributed by atoms with E-state index in [-0.39, 0.29) is 0 Å². The van der Waals surface area contributed by atoms with Gasteiger partial charge in [-0.2, -0.15) is 22.4 Å². The second-order valence-electron chi connectivity index (χ2n) is 7.66. The predicted molar refractivity (Wildman–Crippen MR) is 151 cm³/mol. The van der Waals surface area contributed by atoms with Crippen molar-refractivity contribution in [2.45, 2.75) is 93.2 Å². The van der Waals surface area contributed by atoms with E-state index in [0.29, 0.717) is 39.6 Å². The largest absolute Gasteiger partial charge is 0.510 e. The average Bonchev–Trinajstić information content (AvgIpc) is 2.79. The molecule has 0 spiro atoms. The van der Waals surface area contributed by atoms with Crippen LogP contribution in [0.15, 0.2) is 0 Å². The first-order valence-electron chi connectivity index (χ1n) is 13.0. The minimum absolute atomic E-state index is 0.618. The molecule has 0 saturated carbocycles. The van der Waals surface area contributed by atoms with Crippen LogP contribution in [0.25, 0.3) is 0 Å². The molecule has 33 heavy (non-hydrogen) atoms. The lowest BCUT2D eigenvalue weighted by molar-refractivity contribution is 0.0766. The van der Waals surface area contributed by atoms with Crippen molar-refractivity contribution in [2.75, 3.05) is 50.4 Å². The van der Waals surface area contributed by atoms with Gasteiger partial charge in [-0.05, 0) is 53.6 Å². The minimum atomic E-state index is -2.70. The highest BCUT2D eigenvalue weighted by atomic mass is 32.6. The number of hydrogen-bond donors (Lipinski definition) is 0. The fourth-order valence-corrected chi connectivity index (χ4v) is 30.5. The van der Waals surface area contributed by atoms with E-state index in [0.717, 1.165) is 10.8 Å². The van der Waals surface area contributed by atoms with E-state index in [1.165, 1.54) is 37.8 Å². The van der Waals surface area contributed by atoms with Gasteiger partial charge >= 0.3 is 17.6 Å². The summed E-state index contributed by atoms with van der Waals surface area (Å²) in [6, 6.07) is 2.53. The van der Waals surface area contributed by atoms with Crippen LogP contribution in [0.5, 0.6) is 0 Å². The SMILES string of the molecule is CCCC[Si](CCCC)(SC[Si](OCC)(OCC)OCC)SC[Si](OCC)(OCC)OCC. The van der Waals surface area contributed by atoms with Gasteiger partial charge in [-0.15, -0.1) is 0 Å². The van der Waals surface area contributed by atoms with Crippen molar-refractivity contribution in [2.24, 2.45) is 0 Å². The summed E-state index contributed by atoms with van der Waals surface area (Å²) >= 11 is 4.23. The Morgan fingerprint density at radius 1 is 0.455 bits per heavy atom. The minimum Gasteiger partial charge on any atom is -0.373 e. The molecule has 0 aromatic heterocycles. The van der Waals surface area contributed by atoms with Crippen LogP contribution in [-0.4, -0.2) is 74.4 Å². The van der Waals surface area contributed by atoms with Crippen LogP contribution >= 0.6 is 22.4 Å². The second kappa shape index (κ2) is 20.2. The van der Waals surface area contributed by atoms with Crippen molar-refractivity contribution in [3.63, 3.8) is 0 Å². The molecule has 0 fully saturated rings. The molecule has 0 atom stereocenters. The van der Waals surface area contributed by atoms with Crippen LogP contribution in [0.4, 0.5) is 0 Å². The molecular formula is C22H52O6S2Si3. The average molecular weight is 561 g/mol. The Hall–Kier alpha value is 1.11. The zero-order chi connectivity index (χ0) is 25.1. The summed E-state index contributed by atoms with van der Waals surface area (Å²) in [6.07, 6.45) is 3.09. The summed E-state index contributed by atoms with van der Waals surface area (Å²) in [4.78, 5) is 0. The molecule has 0 aromatic rings. The monoisotopic (exact) mass is 560 g/mol. The summed E-state index contributed by atoms with van der Waals surface area (Å²) in [6.45, 7) is 20.5. The Morgan fingerprint density at radius 3 is 0.939 bits per heavy atom. The van der Waals surface area contributed by atoms with Gasteiger partial charge < -0.3 is 26.6 Å². The van der Waals surface area contributed by atoms with Crippen LogP contribution in [-0.2, 0) is 26.6 Å². The van der Waals surface area contributed by atoms with Crippen molar-refractivity contribution in [1.29, 1.82) is 0 Å². The second-order valence-corrected chi connectivity index (χ2v) is 25.0. The van der Waals surface area contributed by atoms with Crippen LogP contribution in [0.2, 0.25) is 12.1 Å². The first kappa shape index (κ1) is 34.1. The number of unbranched alkanes of at least 4 members (excludes halogenated alkanes) is 2. The van der Waals surface area contributed by atoms with E-state index in [1.807, 2.05) is 41.5 Å². The highest BCUT2D eigenvalue weighted by Gasteiger charge is 2.48. The zero-order valence-corrected chi connectivity index (χ0v) is 27.3. The first-order chi connectivity index (χ1) is 15.9. The molecule has 0 unspecified atom stereocenters. The predicted octanol–water partition coefficient (Wildman–Crippen LogP) is 6.67. The fraction of sp³-hybridized carbons (Fsp3) is 1.00. The van der Waals surface area contributed by atoms with Gasteiger partial charge in [-0.25, -0.2) is 0 Å². The van der Waals surface area contributed by atoms with Gasteiger partial charge in [0.1, 0.15) is 0 Å². The molecule has 0 heterocycles. The van der Waals surface area contributed by atoms with E-state index in [2.05, 4.69) is 36.3 Å². The van der Waals surface area contributed by atoms with E-state index < -0.39 is 24.0 Å². The van der Waals surface area contributed by atoms with Gasteiger partial charge in [0.2, 0.25) is 0 Å². The van der Waals surface area contributed by atoms with Gasteiger partial charge in [-0.3, -0.25) is 0 Å². The summed E-state index contributed by atoms with van der Waals surface area (Å²) in [5, 5.41) is 1.64. The molecule has 6 nitrogen and oxygen atoms in total. The third-order valence-electron chi connectivity index (χ3n) is 5.03. The smallest absolute Gasteiger partial charge is 0.373 e. The molecule has 0 aliphatic rings. The van der Waals surface area contributed by atoms with Gasteiger partial charge in [0.05, 0.1) is 10.8 Å². The van der Waals surface area contributed by atoms with Gasteiger partial charge in [-0.1, -0.05) is 39.5 Å². The fourth-order valence-electron chi connectivity index (χ4n) is 3.61. The van der Waals surface area contributed by atoms with Crippen LogP contribution in [0.3, 0.4) is 0 Å². The van der Waals surface area contributed by atoms with E-state index >= 15 is 0 Å². The normalized spacial score (nSPS) is 13.1. The van der Waals surface area contributed by atoms with Gasteiger partial charge in [0, 0.05) is 39.6 Å². The van der Waals surface area contributed by atoms with Crippen LogP contribution < -0.4 is 0 Å². The number of rotatable bonds is 24. The highest BCUT2D eigenvalue weighted by Crippen LogP contribution is 2.44. The standard InChI is InChI=1S/C22H52O6S2Si3/c1-9-17-19-31(20-18-10-2,29-21-32(23-11-3,24-12-4)25-13-5)30-22-33(26-14-6,27-15-7)28-16-8/h9-22H2,1-8H3. The number of hydrogen-bond acceptors (Lipinski definition) is 8. The van der Waals surface area contributed by atoms with Gasteiger partial charge in [0.15, 0.2) is 6.37 Å². The Kier molecular flexibility index (Phi) is 20.9. The molecular weight excluding hydrogens is 509 g/mol. The lowest BCUT2D eigenvalue weighted by Crippen LogP contribution is -2.52. The Morgan fingerprint density at radius 2 is 0.727 bits per heavy atom. The van der Waals surface area contributed by atoms with Crippen LogP contribution in [0.1, 0.15) is 81.1 Å². The van der Waals surface area contributed by atoms with E-state index in [9.17, 15) is 0 Å². The van der Waals surface area contributed by atoms with Crippen molar-refractivity contribution >= 4 is 46.4 Å². The molecule has 0 aromatic carbocycles. The summed E-state index contributed by atoms with van der Waals surface area (Å²) < 4.78 is 37.2. The Labute approximate surface area is 216 Å². The first-order valence-corrected chi connectivity index (χ1v) is 22.7. The molecule has 11 heteroatoms. The van der Waals surface area contributed by atoms with E-state index in [4.69, 9.17) is 26.6 Å². The summed E-state index contributed by atoms with van der Waals surface area (Å²) in [7, 11) is -5.40. The molecule has 0 rings (SSSR count). The van der Waals surface area contributed by atoms with Crippen molar-refractivity contribution < 1.29 is 26.6 Å². The third kappa shape index (κ3) is 13.3. The van der Waals surface area contributed by atoms with Gasteiger partial charge in [0.25, 0.3) is 0 Å². The third-order valence-corrected chi connectivity index (χ3v) is 27.0. The topological polar surface area (TPSA) is 55.4 Å². The molecule has 0 aliphatic heterocycles. The summed E-state index contributed by atoms with van der Waals surface area (Å²) in [5.41, 5.74) is 0. The molecule has 0 amide bonds. The van der Waals surface area contributed by atoms with Crippen molar-refractivity contribution in [1.82, 2.24) is 0 Å². The Bertz CT molecular complexity index is 392. The maximum absolute atomic E-state index is 6.20. The zero-order valence-electron chi connectivity index (χ0n) is 22.7. The quantitative estimate of drug-likeness (QED) is 0.121. The maximum atomic E-state index is 6.20. The molecule has 0 bridgehead atoms. The van der Waals surface area contributed by atoms with Crippen molar-refractivity contribution in [3.8, 4) is 0 Å². The molecule has 0 radical (unpaired) electrons. The van der Waals surface area contributed by atoms with Crippen LogP contribution in [0, 0.1) is 0 Å². The molecule has 0 aliphatic carbocycles. The molecule has 0 saturated heterocycles. The van der Waals surface area contributed by atoms with E-state index in [1.54, 1.807) is 0 Å². The lowest BCUT2D eigenvalue weighted by Gasteiger charge is -2.37. The maximum Gasteiger partial charge on any atom is 0.510 e. The highest BCUT2D eigenvalue weighted by molar-refractivity contribution is 8.58. The lowest BCUT2D eigenvalue weighted by atomic mass is 10.4. The molecule has 200 valence electrons. The Balaban J connectivity index is 5.89. The van der Waals surface area contributed by atoms with Crippen molar-refractivity contribution in [3.05, 3.63) is 0 Å². The molecule has 0 N–H and O–H groups in total.